The molecule has 0 amide bonds. The largest absolute Gasteiger partial charge is 0.458 e. The molecule has 0 aliphatic carbocycles. The lowest BCUT2D eigenvalue weighted by molar-refractivity contribution is -0.139. The molecular weight excluding hydrogens is 244 g/mol. The maximum Gasteiger partial charge on any atom is 0.330 e. The molecule has 0 bridgehead atoms. The van der Waals surface area contributed by atoms with Crippen LogP contribution in [-0.2, 0) is 20.9 Å². The van der Waals surface area contributed by atoms with Gasteiger partial charge in [-0.1, -0.05) is 30.3 Å². The van der Waals surface area contributed by atoms with E-state index in [2.05, 4.69) is 0 Å². The molecule has 102 valence electrons. The molecule has 1 aromatic rings. The van der Waals surface area contributed by atoms with Crippen LogP contribution < -0.4 is 0 Å². The number of rotatable bonds is 7. The van der Waals surface area contributed by atoms with Gasteiger partial charge in [0.1, 0.15) is 12.4 Å². The van der Waals surface area contributed by atoms with E-state index in [1.165, 1.54) is 19.1 Å². The Morgan fingerprint density at radius 2 is 2.00 bits per heavy atom. The number of aliphatic hydroxyl groups is 1. The van der Waals surface area contributed by atoms with Gasteiger partial charge in [0.15, 0.2) is 0 Å². The van der Waals surface area contributed by atoms with Gasteiger partial charge < -0.3 is 14.6 Å². The zero-order valence-electron chi connectivity index (χ0n) is 10.9. The van der Waals surface area contributed by atoms with Gasteiger partial charge in [-0.15, -0.1) is 0 Å². The number of hydrogen-bond donors (Lipinski definition) is 1. The topological polar surface area (TPSA) is 63.6 Å². The Morgan fingerprint density at radius 3 is 2.63 bits per heavy atom. The lowest BCUT2D eigenvalue weighted by atomic mass is 10.1. The van der Waals surface area contributed by atoms with Crippen molar-refractivity contribution in [1.29, 1.82) is 0 Å². The average Bonchev–Trinajstić information content (AvgIpc) is 2.41. The maximum absolute atomic E-state index is 11.4. The Balaban J connectivity index is 2.28. The number of esters is 1. The van der Waals surface area contributed by atoms with E-state index in [-0.39, 0.29) is 12.4 Å². The van der Waals surface area contributed by atoms with Gasteiger partial charge in [-0.2, -0.15) is 0 Å². The smallest absolute Gasteiger partial charge is 0.330 e. The van der Waals surface area contributed by atoms with Crippen LogP contribution in [0.5, 0.6) is 0 Å². The van der Waals surface area contributed by atoms with E-state index < -0.39 is 12.1 Å². The molecule has 19 heavy (non-hydrogen) atoms. The van der Waals surface area contributed by atoms with Crippen molar-refractivity contribution >= 4 is 11.8 Å². The number of carbonyl (C=O) groups is 2. The van der Waals surface area contributed by atoms with Crippen LogP contribution in [0.4, 0.5) is 0 Å². The van der Waals surface area contributed by atoms with Crippen LogP contribution >= 0.6 is 0 Å². The van der Waals surface area contributed by atoms with Gasteiger partial charge in [-0.25, -0.2) is 4.79 Å². The third-order valence-corrected chi connectivity index (χ3v) is 2.47. The summed E-state index contributed by atoms with van der Waals surface area (Å²) in [5.74, 6) is -0.496. The van der Waals surface area contributed by atoms with E-state index in [0.29, 0.717) is 12.8 Å². The van der Waals surface area contributed by atoms with Gasteiger partial charge in [0.25, 0.3) is 0 Å². The number of Topliss-reactive ketones (excluding diaryl/α,β-unsaturated/α-hetero) is 1. The van der Waals surface area contributed by atoms with E-state index in [4.69, 9.17) is 4.74 Å². The zero-order valence-corrected chi connectivity index (χ0v) is 10.9. The van der Waals surface area contributed by atoms with Gasteiger partial charge in [0, 0.05) is 12.5 Å². The van der Waals surface area contributed by atoms with Crippen molar-refractivity contribution in [2.45, 2.75) is 32.5 Å². The second-order valence-electron chi connectivity index (χ2n) is 4.26. The summed E-state index contributed by atoms with van der Waals surface area (Å²) in [4.78, 5) is 22.1. The number of ether oxygens (including phenoxy) is 1. The Labute approximate surface area is 112 Å². The fraction of sp³-hybridized carbons (Fsp3) is 0.333. The number of carbonyl (C=O) groups excluding carboxylic acids is 2. The van der Waals surface area contributed by atoms with Crippen molar-refractivity contribution in [3.8, 4) is 0 Å². The summed E-state index contributed by atoms with van der Waals surface area (Å²) in [5, 5.41) is 9.49. The molecule has 0 aromatic heterocycles. The van der Waals surface area contributed by atoms with Gasteiger partial charge in [0.05, 0.1) is 6.10 Å². The number of aliphatic hydroxyl groups excluding tert-OH is 1. The molecular formula is C15H18O4. The van der Waals surface area contributed by atoms with E-state index in [9.17, 15) is 14.7 Å². The average molecular weight is 262 g/mol. The highest BCUT2D eigenvalue weighted by atomic mass is 16.5. The maximum atomic E-state index is 11.4. The second-order valence-corrected chi connectivity index (χ2v) is 4.26. The summed E-state index contributed by atoms with van der Waals surface area (Å²) < 4.78 is 5.00. The molecule has 0 radical (unpaired) electrons. The highest BCUT2D eigenvalue weighted by molar-refractivity contribution is 5.82. The second kappa shape index (κ2) is 8.21. The van der Waals surface area contributed by atoms with Gasteiger partial charge in [0.2, 0.25) is 0 Å². The third kappa shape index (κ3) is 7.16. The molecule has 0 heterocycles. The first-order chi connectivity index (χ1) is 9.08. The molecule has 1 N–H and O–H groups in total. The SMILES string of the molecule is CC(=O)CCC(O)/C=C/C(=O)OCc1ccccc1. The van der Waals surface area contributed by atoms with Crippen LogP contribution in [0.25, 0.3) is 0 Å². The van der Waals surface area contributed by atoms with Crippen molar-refractivity contribution in [3.63, 3.8) is 0 Å². The summed E-state index contributed by atoms with van der Waals surface area (Å²) >= 11 is 0. The Bertz CT molecular complexity index is 437. The first kappa shape index (κ1) is 15.1. The molecule has 0 aliphatic heterocycles. The Morgan fingerprint density at radius 1 is 1.32 bits per heavy atom. The van der Waals surface area contributed by atoms with Gasteiger partial charge in [-0.05, 0) is 25.0 Å². The van der Waals surface area contributed by atoms with Crippen LogP contribution in [0.3, 0.4) is 0 Å². The fourth-order valence-electron chi connectivity index (χ4n) is 1.41. The van der Waals surface area contributed by atoms with Crippen molar-refractivity contribution in [2.24, 2.45) is 0 Å². The number of benzene rings is 1. The standard InChI is InChI=1S/C15H18O4/c1-12(16)7-8-14(17)9-10-15(18)19-11-13-5-3-2-4-6-13/h2-6,9-10,14,17H,7-8,11H2,1H3/b10-9+. The summed E-state index contributed by atoms with van der Waals surface area (Å²) in [7, 11) is 0. The highest BCUT2D eigenvalue weighted by Gasteiger charge is 2.03. The minimum atomic E-state index is -0.798. The third-order valence-electron chi connectivity index (χ3n) is 2.47. The molecule has 4 heteroatoms. The number of hydrogen-bond acceptors (Lipinski definition) is 4. The Hall–Kier alpha value is -1.94. The molecule has 1 rings (SSSR count). The summed E-state index contributed by atoms with van der Waals surface area (Å²) in [5.41, 5.74) is 0.904. The van der Waals surface area contributed by atoms with Crippen LogP contribution in [0, 0.1) is 0 Å². The first-order valence-electron chi connectivity index (χ1n) is 6.14. The first-order valence-corrected chi connectivity index (χ1v) is 6.14. The molecule has 0 saturated carbocycles. The molecule has 0 fully saturated rings. The minimum Gasteiger partial charge on any atom is -0.458 e. The van der Waals surface area contributed by atoms with Crippen molar-refractivity contribution in [3.05, 3.63) is 48.0 Å². The van der Waals surface area contributed by atoms with Crippen molar-refractivity contribution in [1.82, 2.24) is 0 Å². The summed E-state index contributed by atoms with van der Waals surface area (Å²) in [6.45, 7) is 1.66. The van der Waals surface area contributed by atoms with Gasteiger partial charge in [-0.3, -0.25) is 0 Å². The van der Waals surface area contributed by atoms with Crippen molar-refractivity contribution in [2.75, 3.05) is 0 Å². The molecule has 1 unspecified atom stereocenters. The molecule has 1 atom stereocenters. The summed E-state index contributed by atoms with van der Waals surface area (Å²) in [6.07, 6.45) is 2.35. The normalized spacial score (nSPS) is 12.3. The van der Waals surface area contributed by atoms with Crippen LogP contribution in [-0.4, -0.2) is 23.0 Å². The van der Waals surface area contributed by atoms with Crippen LogP contribution in [0.1, 0.15) is 25.3 Å². The molecule has 0 aliphatic rings. The Kier molecular flexibility index (Phi) is 6.53. The predicted molar refractivity (Wildman–Crippen MR) is 71.3 cm³/mol. The van der Waals surface area contributed by atoms with Crippen LogP contribution in [0.15, 0.2) is 42.5 Å². The van der Waals surface area contributed by atoms with E-state index in [0.717, 1.165) is 5.56 Å². The van der Waals surface area contributed by atoms with E-state index in [1.807, 2.05) is 30.3 Å². The quantitative estimate of drug-likeness (QED) is 0.603. The predicted octanol–water partition coefficient (Wildman–Crippen LogP) is 2.02. The molecule has 0 spiro atoms. The van der Waals surface area contributed by atoms with E-state index >= 15 is 0 Å². The zero-order chi connectivity index (χ0) is 14.1. The van der Waals surface area contributed by atoms with Crippen molar-refractivity contribution < 1.29 is 19.4 Å². The monoisotopic (exact) mass is 262 g/mol. The fourth-order valence-corrected chi connectivity index (χ4v) is 1.41. The van der Waals surface area contributed by atoms with E-state index in [1.54, 1.807) is 0 Å². The lowest BCUT2D eigenvalue weighted by Crippen LogP contribution is -2.07. The van der Waals surface area contributed by atoms with Gasteiger partial charge >= 0.3 is 5.97 Å². The summed E-state index contributed by atoms with van der Waals surface area (Å²) in [6, 6.07) is 9.34. The highest BCUT2D eigenvalue weighted by Crippen LogP contribution is 2.02. The molecule has 4 nitrogen and oxygen atoms in total. The lowest BCUT2D eigenvalue weighted by Gasteiger charge is -2.04. The van der Waals surface area contributed by atoms with Crippen LogP contribution in [0.2, 0.25) is 0 Å². The minimum absolute atomic E-state index is 0.0131. The number of ketones is 1. The molecule has 1 aromatic carbocycles. The molecule has 0 saturated heterocycles.